The fourth-order valence-electron chi connectivity index (χ4n) is 1.10. The van der Waals surface area contributed by atoms with Crippen molar-refractivity contribution >= 4 is 10.1 Å². The van der Waals surface area contributed by atoms with Crippen molar-refractivity contribution in [2.75, 3.05) is 7.11 Å². The second-order valence-corrected chi connectivity index (χ2v) is 4.99. The lowest BCUT2D eigenvalue weighted by molar-refractivity contribution is 0.396. The van der Waals surface area contributed by atoms with Crippen LogP contribution in [0.1, 0.15) is 31.0 Å². The maximum atomic E-state index is 11.1. The van der Waals surface area contributed by atoms with E-state index >= 15 is 0 Å². The van der Waals surface area contributed by atoms with E-state index in [9.17, 15) is 8.42 Å². The quantitative estimate of drug-likeness (QED) is 0.713. The van der Waals surface area contributed by atoms with E-state index in [0.717, 1.165) is 7.11 Å². The standard InChI is InChI=1S/C8H13NO4S/c1-6(2)8-7(4-13-9-8)5-14(10,11)12-3/h4,6H,5H2,1-3H3. The Hall–Kier alpha value is -0.880. The van der Waals surface area contributed by atoms with Crippen LogP contribution in [0, 0.1) is 0 Å². The first kappa shape index (κ1) is 11.2. The minimum atomic E-state index is -3.50. The largest absolute Gasteiger partial charge is 0.364 e. The van der Waals surface area contributed by atoms with Crippen LogP contribution in [-0.2, 0) is 20.1 Å². The zero-order valence-corrected chi connectivity index (χ0v) is 9.17. The third-order valence-corrected chi connectivity index (χ3v) is 2.98. The van der Waals surface area contributed by atoms with Gasteiger partial charge in [0.25, 0.3) is 10.1 Å². The third kappa shape index (κ3) is 2.55. The highest BCUT2D eigenvalue weighted by Gasteiger charge is 2.18. The summed E-state index contributed by atoms with van der Waals surface area (Å²) < 4.78 is 31.4. The van der Waals surface area contributed by atoms with E-state index in [4.69, 9.17) is 4.52 Å². The van der Waals surface area contributed by atoms with Crippen molar-refractivity contribution in [1.82, 2.24) is 5.16 Å². The van der Waals surface area contributed by atoms with E-state index in [2.05, 4.69) is 9.34 Å². The molecule has 0 atom stereocenters. The van der Waals surface area contributed by atoms with Crippen molar-refractivity contribution in [1.29, 1.82) is 0 Å². The average Bonchev–Trinajstić information content (AvgIpc) is 2.51. The summed E-state index contributed by atoms with van der Waals surface area (Å²) in [4.78, 5) is 0. The van der Waals surface area contributed by atoms with Gasteiger partial charge in [0, 0.05) is 5.56 Å². The molecule has 5 nitrogen and oxygen atoms in total. The summed E-state index contributed by atoms with van der Waals surface area (Å²) in [5.74, 6) is -0.0589. The highest BCUT2D eigenvalue weighted by molar-refractivity contribution is 7.85. The summed E-state index contributed by atoms with van der Waals surface area (Å²) in [5, 5.41) is 3.74. The summed E-state index contributed by atoms with van der Waals surface area (Å²) in [6.07, 6.45) is 1.34. The smallest absolute Gasteiger partial charge is 0.271 e. The molecule has 1 heterocycles. The third-order valence-electron chi connectivity index (χ3n) is 1.81. The number of hydrogen-bond donors (Lipinski definition) is 0. The normalized spacial score (nSPS) is 12.3. The highest BCUT2D eigenvalue weighted by atomic mass is 32.2. The van der Waals surface area contributed by atoms with Gasteiger partial charge in [0.05, 0.1) is 12.8 Å². The topological polar surface area (TPSA) is 69.4 Å². The van der Waals surface area contributed by atoms with Crippen LogP contribution in [0.3, 0.4) is 0 Å². The molecular formula is C8H13NO4S. The van der Waals surface area contributed by atoms with Crippen LogP contribution in [0.25, 0.3) is 0 Å². The monoisotopic (exact) mass is 219 g/mol. The van der Waals surface area contributed by atoms with Crippen LogP contribution in [0.2, 0.25) is 0 Å². The van der Waals surface area contributed by atoms with Crippen LogP contribution in [0.5, 0.6) is 0 Å². The lowest BCUT2D eigenvalue weighted by Crippen LogP contribution is -2.07. The van der Waals surface area contributed by atoms with Crippen LogP contribution >= 0.6 is 0 Å². The molecule has 1 aromatic rings. The van der Waals surface area contributed by atoms with Gasteiger partial charge in [0.1, 0.15) is 12.0 Å². The van der Waals surface area contributed by atoms with Gasteiger partial charge in [-0.15, -0.1) is 0 Å². The molecule has 14 heavy (non-hydrogen) atoms. The summed E-state index contributed by atoms with van der Waals surface area (Å²) in [7, 11) is -2.36. The average molecular weight is 219 g/mol. The summed E-state index contributed by atoms with van der Waals surface area (Å²) in [6.45, 7) is 3.83. The molecule has 6 heteroatoms. The van der Waals surface area contributed by atoms with Gasteiger partial charge in [-0.2, -0.15) is 8.42 Å². The Morgan fingerprint density at radius 1 is 1.57 bits per heavy atom. The Kier molecular flexibility index (Phi) is 3.28. The first-order chi connectivity index (χ1) is 6.46. The second kappa shape index (κ2) is 4.10. The fraction of sp³-hybridized carbons (Fsp3) is 0.625. The highest BCUT2D eigenvalue weighted by Crippen LogP contribution is 2.19. The molecule has 0 aliphatic rings. The van der Waals surface area contributed by atoms with E-state index in [1.807, 2.05) is 13.8 Å². The molecule has 0 bridgehead atoms. The lowest BCUT2D eigenvalue weighted by Gasteiger charge is -2.03. The van der Waals surface area contributed by atoms with E-state index < -0.39 is 10.1 Å². The predicted octanol–water partition coefficient (Wildman–Crippen LogP) is 1.27. The molecule has 80 valence electrons. The Morgan fingerprint density at radius 3 is 2.71 bits per heavy atom. The molecule has 0 saturated carbocycles. The van der Waals surface area contributed by atoms with E-state index in [1.165, 1.54) is 6.26 Å². The van der Waals surface area contributed by atoms with Crippen molar-refractivity contribution < 1.29 is 17.1 Å². The predicted molar refractivity (Wildman–Crippen MR) is 50.2 cm³/mol. The Morgan fingerprint density at radius 2 is 2.21 bits per heavy atom. The molecule has 0 radical (unpaired) electrons. The Balaban J connectivity index is 2.93. The van der Waals surface area contributed by atoms with Crippen molar-refractivity contribution in [3.05, 3.63) is 17.5 Å². The minimum Gasteiger partial charge on any atom is -0.364 e. The molecule has 0 fully saturated rings. The van der Waals surface area contributed by atoms with E-state index in [-0.39, 0.29) is 11.7 Å². The van der Waals surface area contributed by atoms with Crippen molar-refractivity contribution in [2.24, 2.45) is 0 Å². The molecule has 0 spiro atoms. The zero-order chi connectivity index (χ0) is 10.8. The minimum absolute atomic E-state index is 0.135. The zero-order valence-electron chi connectivity index (χ0n) is 8.35. The number of hydrogen-bond acceptors (Lipinski definition) is 5. The van der Waals surface area contributed by atoms with Crippen LogP contribution < -0.4 is 0 Å². The number of nitrogens with zero attached hydrogens (tertiary/aromatic N) is 1. The van der Waals surface area contributed by atoms with Crippen molar-refractivity contribution in [2.45, 2.75) is 25.5 Å². The Bertz CT molecular complexity index is 393. The van der Waals surface area contributed by atoms with Gasteiger partial charge in [-0.3, -0.25) is 4.18 Å². The molecule has 0 saturated heterocycles. The molecule has 0 amide bonds. The molecule has 0 aliphatic carbocycles. The maximum Gasteiger partial charge on any atom is 0.271 e. The molecule has 1 rings (SSSR count). The van der Waals surface area contributed by atoms with Gasteiger partial charge in [0.2, 0.25) is 0 Å². The first-order valence-corrected chi connectivity index (χ1v) is 5.75. The maximum absolute atomic E-state index is 11.1. The SMILES string of the molecule is COS(=O)(=O)Cc1conc1C(C)C. The molecule has 1 aromatic heterocycles. The molecule has 0 aliphatic heterocycles. The lowest BCUT2D eigenvalue weighted by atomic mass is 10.1. The van der Waals surface area contributed by atoms with E-state index in [0.29, 0.717) is 11.3 Å². The van der Waals surface area contributed by atoms with Crippen LogP contribution in [0.4, 0.5) is 0 Å². The number of aromatic nitrogens is 1. The molecule has 0 N–H and O–H groups in total. The molecule has 0 unspecified atom stereocenters. The van der Waals surface area contributed by atoms with E-state index in [1.54, 1.807) is 0 Å². The van der Waals surface area contributed by atoms with Gasteiger partial charge in [0.15, 0.2) is 0 Å². The van der Waals surface area contributed by atoms with Gasteiger partial charge in [-0.1, -0.05) is 19.0 Å². The van der Waals surface area contributed by atoms with Gasteiger partial charge >= 0.3 is 0 Å². The molecule has 0 aromatic carbocycles. The summed E-state index contributed by atoms with van der Waals surface area (Å²) in [6, 6.07) is 0. The van der Waals surface area contributed by atoms with Crippen LogP contribution in [0.15, 0.2) is 10.8 Å². The fourth-order valence-corrected chi connectivity index (χ4v) is 1.81. The Labute approximate surface area is 83.2 Å². The van der Waals surface area contributed by atoms with Crippen molar-refractivity contribution in [3.63, 3.8) is 0 Å². The summed E-state index contributed by atoms with van der Waals surface area (Å²) in [5.41, 5.74) is 1.22. The first-order valence-electron chi connectivity index (χ1n) is 4.17. The van der Waals surface area contributed by atoms with Crippen molar-refractivity contribution in [3.8, 4) is 0 Å². The van der Waals surface area contributed by atoms with Gasteiger partial charge in [-0.25, -0.2) is 0 Å². The second-order valence-electron chi connectivity index (χ2n) is 3.25. The summed E-state index contributed by atoms with van der Waals surface area (Å²) >= 11 is 0. The van der Waals surface area contributed by atoms with Crippen LogP contribution in [-0.4, -0.2) is 20.7 Å². The molecular weight excluding hydrogens is 206 g/mol. The van der Waals surface area contributed by atoms with Gasteiger partial charge < -0.3 is 4.52 Å². The van der Waals surface area contributed by atoms with Gasteiger partial charge in [-0.05, 0) is 5.92 Å². The number of rotatable bonds is 4.